The maximum absolute atomic E-state index is 12.2. The Hall–Kier alpha value is -1.55. The van der Waals surface area contributed by atoms with Crippen LogP contribution in [-0.2, 0) is 9.53 Å². The fraction of sp³-hybridized carbons (Fsp3) is 0.500. The lowest BCUT2D eigenvalue weighted by Gasteiger charge is -2.38. The molecular weight excluding hydrogens is 228 g/mol. The highest BCUT2D eigenvalue weighted by atomic mass is 16.5. The molecule has 4 nitrogen and oxygen atoms in total. The molecule has 3 rings (SSSR count). The molecule has 2 aliphatic heterocycles. The SMILES string of the molecule is CC1(CNC(=O)C2CNc3ccccc32)COC1. The maximum Gasteiger partial charge on any atom is 0.229 e. The number of amides is 1. The highest BCUT2D eigenvalue weighted by Crippen LogP contribution is 2.31. The zero-order chi connectivity index (χ0) is 12.6. The van der Waals surface area contributed by atoms with Crippen molar-refractivity contribution in [1.82, 2.24) is 5.32 Å². The Morgan fingerprint density at radius 2 is 2.28 bits per heavy atom. The number of hydrogen-bond donors (Lipinski definition) is 2. The van der Waals surface area contributed by atoms with Crippen LogP contribution in [0.1, 0.15) is 18.4 Å². The van der Waals surface area contributed by atoms with E-state index in [1.54, 1.807) is 0 Å². The van der Waals surface area contributed by atoms with Crippen molar-refractivity contribution in [3.05, 3.63) is 29.8 Å². The van der Waals surface area contributed by atoms with Crippen LogP contribution in [0.4, 0.5) is 5.69 Å². The van der Waals surface area contributed by atoms with Gasteiger partial charge >= 0.3 is 0 Å². The van der Waals surface area contributed by atoms with E-state index in [1.807, 2.05) is 24.3 Å². The van der Waals surface area contributed by atoms with Gasteiger partial charge < -0.3 is 15.4 Å². The van der Waals surface area contributed by atoms with E-state index in [-0.39, 0.29) is 17.2 Å². The fourth-order valence-corrected chi connectivity index (χ4v) is 2.49. The Balaban J connectivity index is 1.64. The van der Waals surface area contributed by atoms with E-state index in [2.05, 4.69) is 17.6 Å². The van der Waals surface area contributed by atoms with E-state index in [0.717, 1.165) is 24.5 Å². The summed E-state index contributed by atoms with van der Waals surface area (Å²) in [4.78, 5) is 12.2. The molecule has 2 N–H and O–H groups in total. The average molecular weight is 246 g/mol. The number of para-hydroxylation sites is 1. The van der Waals surface area contributed by atoms with E-state index in [4.69, 9.17) is 4.74 Å². The third-order valence-electron chi connectivity index (χ3n) is 3.74. The van der Waals surface area contributed by atoms with Crippen molar-refractivity contribution < 1.29 is 9.53 Å². The molecule has 1 atom stereocenters. The molecule has 0 spiro atoms. The van der Waals surface area contributed by atoms with Gasteiger partial charge in [-0.25, -0.2) is 0 Å². The van der Waals surface area contributed by atoms with Gasteiger partial charge in [0.1, 0.15) is 0 Å². The molecule has 2 aliphatic rings. The summed E-state index contributed by atoms with van der Waals surface area (Å²) in [5.74, 6) is 0.0476. The molecule has 1 aromatic rings. The van der Waals surface area contributed by atoms with Crippen LogP contribution in [0.5, 0.6) is 0 Å². The molecule has 18 heavy (non-hydrogen) atoms. The number of nitrogens with one attached hydrogen (secondary N) is 2. The number of ether oxygens (including phenoxy) is 1. The molecule has 1 amide bonds. The standard InChI is InChI=1S/C14H18N2O2/c1-14(8-18-9-14)7-16-13(17)11-6-15-12-5-3-2-4-10(11)12/h2-5,11,15H,6-9H2,1H3,(H,16,17). The van der Waals surface area contributed by atoms with Crippen LogP contribution in [-0.4, -0.2) is 32.2 Å². The van der Waals surface area contributed by atoms with Gasteiger partial charge in [0, 0.05) is 24.2 Å². The van der Waals surface area contributed by atoms with Crippen LogP contribution in [0.15, 0.2) is 24.3 Å². The zero-order valence-corrected chi connectivity index (χ0v) is 10.5. The summed E-state index contributed by atoms with van der Waals surface area (Å²) in [6, 6.07) is 8.00. The Labute approximate surface area is 107 Å². The largest absolute Gasteiger partial charge is 0.384 e. The number of hydrogen-bond acceptors (Lipinski definition) is 3. The average Bonchev–Trinajstić information content (AvgIpc) is 2.77. The summed E-state index contributed by atoms with van der Waals surface area (Å²) in [6.07, 6.45) is 0. The first-order valence-electron chi connectivity index (χ1n) is 6.36. The zero-order valence-electron chi connectivity index (χ0n) is 10.5. The third kappa shape index (κ3) is 1.97. The second-order valence-corrected chi connectivity index (χ2v) is 5.54. The van der Waals surface area contributed by atoms with Gasteiger partial charge in [0.2, 0.25) is 5.91 Å². The summed E-state index contributed by atoms with van der Waals surface area (Å²) >= 11 is 0. The topological polar surface area (TPSA) is 50.4 Å². The monoisotopic (exact) mass is 246 g/mol. The first-order chi connectivity index (χ1) is 8.68. The number of carbonyl (C=O) groups excluding carboxylic acids is 1. The van der Waals surface area contributed by atoms with Crippen LogP contribution < -0.4 is 10.6 Å². The number of anilines is 1. The van der Waals surface area contributed by atoms with Gasteiger partial charge in [-0.1, -0.05) is 25.1 Å². The number of benzene rings is 1. The Morgan fingerprint density at radius 1 is 1.50 bits per heavy atom. The van der Waals surface area contributed by atoms with Gasteiger partial charge in [-0.3, -0.25) is 4.79 Å². The molecule has 4 heteroatoms. The minimum absolute atomic E-state index is 0.0641. The Kier molecular flexibility index (Phi) is 2.74. The quantitative estimate of drug-likeness (QED) is 0.846. The highest BCUT2D eigenvalue weighted by molar-refractivity contribution is 5.88. The summed E-state index contributed by atoms with van der Waals surface area (Å²) in [6.45, 7) is 5.01. The van der Waals surface area contributed by atoms with Crippen molar-refractivity contribution in [2.75, 3.05) is 31.6 Å². The second kappa shape index (κ2) is 4.28. The lowest BCUT2D eigenvalue weighted by molar-refractivity contribution is -0.127. The van der Waals surface area contributed by atoms with Crippen molar-refractivity contribution in [1.29, 1.82) is 0 Å². The lowest BCUT2D eigenvalue weighted by atomic mass is 9.88. The molecule has 2 heterocycles. The Bertz CT molecular complexity index is 469. The minimum atomic E-state index is -0.0641. The number of carbonyl (C=O) groups is 1. The second-order valence-electron chi connectivity index (χ2n) is 5.54. The summed E-state index contributed by atoms with van der Waals surface area (Å²) in [5, 5.41) is 6.32. The number of rotatable bonds is 3. The van der Waals surface area contributed by atoms with Crippen LogP contribution in [0, 0.1) is 5.41 Å². The molecule has 1 unspecified atom stereocenters. The minimum Gasteiger partial charge on any atom is -0.384 e. The first kappa shape index (κ1) is 11.5. The molecule has 1 aromatic carbocycles. The van der Waals surface area contributed by atoms with Crippen LogP contribution >= 0.6 is 0 Å². The predicted molar refractivity (Wildman–Crippen MR) is 69.6 cm³/mol. The maximum atomic E-state index is 12.2. The predicted octanol–water partition coefficient (Wildman–Crippen LogP) is 1.35. The van der Waals surface area contributed by atoms with Crippen LogP contribution in [0.3, 0.4) is 0 Å². The molecule has 0 saturated carbocycles. The lowest BCUT2D eigenvalue weighted by Crippen LogP contribution is -2.49. The van der Waals surface area contributed by atoms with Gasteiger partial charge in [0.15, 0.2) is 0 Å². The van der Waals surface area contributed by atoms with Crippen molar-refractivity contribution in [3.8, 4) is 0 Å². The summed E-state index contributed by atoms with van der Waals surface area (Å²) in [5.41, 5.74) is 2.31. The van der Waals surface area contributed by atoms with Gasteiger partial charge in [0.25, 0.3) is 0 Å². The van der Waals surface area contributed by atoms with Gasteiger partial charge in [-0.05, 0) is 11.6 Å². The van der Waals surface area contributed by atoms with Gasteiger partial charge in [0.05, 0.1) is 19.1 Å². The molecule has 0 bridgehead atoms. The first-order valence-corrected chi connectivity index (χ1v) is 6.36. The molecule has 1 fully saturated rings. The smallest absolute Gasteiger partial charge is 0.229 e. The van der Waals surface area contributed by atoms with E-state index >= 15 is 0 Å². The van der Waals surface area contributed by atoms with Gasteiger partial charge in [-0.2, -0.15) is 0 Å². The molecule has 1 saturated heterocycles. The van der Waals surface area contributed by atoms with E-state index in [0.29, 0.717) is 13.1 Å². The Morgan fingerprint density at radius 3 is 3.00 bits per heavy atom. The fourth-order valence-electron chi connectivity index (χ4n) is 2.49. The van der Waals surface area contributed by atoms with Crippen molar-refractivity contribution in [3.63, 3.8) is 0 Å². The molecule has 0 radical (unpaired) electrons. The highest BCUT2D eigenvalue weighted by Gasteiger charge is 2.35. The van der Waals surface area contributed by atoms with Crippen molar-refractivity contribution in [2.24, 2.45) is 5.41 Å². The summed E-state index contributed by atoms with van der Waals surface area (Å²) in [7, 11) is 0. The summed E-state index contributed by atoms with van der Waals surface area (Å²) < 4.78 is 5.19. The molecular formula is C14H18N2O2. The van der Waals surface area contributed by atoms with Crippen molar-refractivity contribution >= 4 is 11.6 Å². The molecule has 0 aliphatic carbocycles. The van der Waals surface area contributed by atoms with Crippen molar-refractivity contribution in [2.45, 2.75) is 12.8 Å². The van der Waals surface area contributed by atoms with Crippen LogP contribution in [0.25, 0.3) is 0 Å². The molecule has 96 valence electrons. The number of fused-ring (bicyclic) bond motifs is 1. The normalized spacial score (nSPS) is 23.7. The third-order valence-corrected chi connectivity index (χ3v) is 3.74. The molecule has 0 aromatic heterocycles. The van der Waals surface area contributed by atoms with E-state index in [9.17, 15) is 4.79 Å². The van der Waals surface area contributed by atoms with Gasteiger partial charge in [-0.15, -0.1) is 0 Å². The van der Waals surface area contributed by atoms with Crippen LogP contribution in [0.2, 0.25) is 0 Å². The van der Waals surface area contributed by atoms with E-state index < -0.39 is 0 Å². The van der Waals surface area contributed by atoms with E-state index in [1.165, 1.54) is 0 Å².